The van der Waals surface area contributed by atoms with E-state index in [1.165, 1.54) is 24.3 Å². The topological polar surface area (TPSA) is 104 Å². The Labute approximate surface area is 144 Å². The van der Waals surface area contributed by atoms with Crippen LogP contribution in [0, 0.1) is 12.3 Å². The van der Waals surface area contributed by atoms with Crippen LogP contribution in [0.25, 0.3) is 11.0 Å². The van der Waals surface area contributed by atoms with E-state index in [9.17, 15) is 13.2 Å². The summed E-state index contributed by atoms with van der Waals surface area (Å²) in [5, 5.41) is 2.62. The van der Waals surface area contributed by atoms with E-state index in [0.29, 0.717) is 5.52 Å². The van der Waals surface area contributed by atoms with Gasteiger partial charge < -0.3 is 4.98 Å². The van der Waals surface area contributed by atoms with Gasteiger partial charge in [0.25, 0.3) is 5.91 Å². The molecule has 0 atom stereocenters. The molecule has 2 aromatic carbocycles. The molecule has 25 heavy (non-hydrogen) atoms. The first-order valence-corrected chi connectivity index (χ1v) is 8.77. The van der Waals surface area contributed by atoms with Crippen LogP contribution < -0.4 is 10.0 Å². The lowest BCUT2D eigenvalue weighted by Gasteiger charge is -2.06. The van der Waals surface area contributed by atoms with Crippen molar-refractivity contribution in [1.82, 2.24) is 14.7 Å². The predicted molar refractivity (Wildman–Crippen MR) is 94.5 cm³/mol. The summed E-state index contributed by atoms with van der Waals surface area (Å²) in [7, 11) is -3.77. The molecule has 0 unspecified atom stereocenters. The lowest BCUT2D eigenvalue weighted by Crippen LogP contribution is -2.24. The molecule has 0 aliphatic carbocycles. The molecular weight excluding hydrogens is 340 g/mol. The van der Waals surface area contributed by atoms with Crippen LogP contribution in [0.15, 0.2) is 53.4 Å². The Morgan fingerprint density at radius 3 is 2.76 bits per heavy atom. The van der Waals surface area contributed by atoms with Crippen molar-refractivity contribution in [3.05, 3.63) is 54.1 Å². The zero-order chi connectivity index (χ0) is 17.9. The minimum atomic E-state index is -3.77. The van der Waals surface area contributed by atoms with E-state index in [-0.39, 0.29) is 23.0 Å². The first kappa shape index (κ1) is 16.7. The van der Waals surface area contributed by atoms with Crippen LogP contribution >= 0.6 is 0 Å². The highest BCUT2D eigenvalue weighted by Crippen LogP contribution is 2.16. The number of sulfonamides is 1. The summed E-state index contributed by atoms with van der Waals surface area (Å²) < 4.78 is 26.4. The Kier molecular flexibility index (Phi) is 4.52. The summed E-state index contributed by atoms with van der Waals surface area (Å²) in [6.07, 6.45) is 5.06. The van der Waals surface area contributed by atoms with Crippen molar-refractivity contribution in [1.29, 1.82) is 0 Å². The van der Waals surface area contributed by atoms with Crippen LogP contribution in [0.5, 0.6) is 0 Å². The fourth-order valence-corrected chi connectivity index (χ4v) is 3.20. The molecule has 0 bridgehead atoms. The van der Waals surface area contributed by atoms with Gasteiger partial charge in [-0.15, -0.1) is 6.42 Å². The molecular formula is C17H14N4O3S. The summed E-state index contributed by atoms with van der Waals surface area (Å²) >= 11 is 0. The average Bonchev–Trinajstić information content (AvgIpc) is 3.02. The van der Waals surface area contributed by atoms with E-state index in [4.69, 9.17) is 6.42 Å². The predicted octanol–water partition coefficient (Wildman–Crippen LogP) is 1.73. The Balaban J connectivity index is 1.83. The minimum Gasteiger partial charge on any atom is -0.324 e. The van der Waals surface area contributed by atoms with Crippen LogP contribution in [0.1, 0.15) is 10.4 Å². The van der Waals surface area contributed by atoms with Crippen molar-refractivity contribution < 1.29 is 13.2 Å². The number of hydrogen-bond acceptors (Lipinski definition) is 4. The maximum Gasteiger partial charge on any atom is 0.258 e. The fourth-order valence-electron chi connectivity index (χ4n) is 2.22. The lowest BCUT2D eigenvalue weighted by molar-refractivity contribution is 0.102. The number of H-pyrrole nitrogens is 1. The largest absolute Gasteiger partial charge is 0.324 e. The van der Waals surface area contributed by atoms with Gasteiger partial charge in [0, 0.05) is 5.56 Å². The van der Waals surface area contributed by atoms with E-state index in [2.05, 4.69) is 25.9 Å². The van der Waals surface area contributed by atoms with Gasteiger partial charge >= 0.3 is 0 Å². The Morgan fingerprint density at radius 2 is 2.00 bits per heavy atom. The van der Waals surface area contributed by atoms with Crippen LogP contribution in [0.3, 0.4) is 0 Å². The number of nitrogens with zero attached hydrogens (tertiary/aromatic N) is 1. The van der Waals surface area contributed by atoms with E-state index in [0.717, 1.165) is 5.52 Å². The number of carbonyl (C=O) groups excluding carboxylic acids is 1. The maximum absolute atomic E-state index is 12.4. The van der Waals surface area contributed by atoms with E-state index in [1.807, 2.05) is 24.3 Å². The molecule has 126 valence electrons. The molecule has 7 nitrogen and oxygen atoms in total. The molecule has 0 fully saturated rings. The van der Waals surface area contributed by atoms with Gasteiger partial charge in [0.1, 0.15) is 0 Å². The summed E-state index contributed by atoms with van der Waals surface area (Å²) in [4.78, 5) is 19.5. The molecule has 0 aliphatic heterocycles. The molecule has 1 heterocycles. The van der Waals surface area contributed by atoms with Crippen molar-refractivity contribution >= 4 is 32.9 Å². The molecule has 1 amide bonds. The van der Waals surface area contributed by atoms with Crippen LogP contribution in [-0.2, 0) is 10.0 Å². The Hall–Kier alpha value is -3.15. The van der Waals surface area contributed by atoms with Crippen molar-refractivity contribution in [2.24, 2.45) is 0 Å². The van der Waals surface area contributed by atoms with Gasteiger partial charge in [0.2, 0.25) is 16.0 Å². The van der Waals surface area contributed by atoms with Gasteiger partial charge in [0.05, 0.1) is 22.5 Å². The number of para-hydroxylation sites is 2. The summed E-state index contributed by atoms with van der Waals surface area (Å²) in [6.45, 7) is -0.127. The molecule has 8 heteroatoms. The monoisotopic (exact) mass is 354 g/mol. The molecule has 0 radical (unpaired) electrons. The molecule has 0 spiro atoms. The summed E-state index contributed by atoms with van der Waals surface area (Å²) in [5.41, 5.74) is 1.68. The standard InChI is InChI=1S/C17H14N4O3S/c1-2-10-18-25(23,24)13-7-5-6-12(11-13)16(22)21-17-19-14-8-3-4-9-15(14)20-17/h1,3-9,11,18H,10H2,(H2,19,20,21,22). The first-order valence-electron chi connectivity index (χ1n) is 7.29. The van der Waals surface area contributed by atoms with Crippen molar-refractivity contribution in [3.63, 3.8) is 0 Å². The molecule has 0 saturated carbocycles. The zero-order valence-corrected chi connectivity index (χ0v) is 13.8. The normalized spacial score (nSPS) is 11.2. The number of rotatable bonds is 5. The molecule has 3 N–H and O–H groups in total. The van der Waals surface area contributed by atoms with Crippen molar-refractivity contribution in [3.8, 4) is 12.3 Å². The van der Waals surface area contributed by atoms with E-state index < -0.39 is 15.9 Å². The number of terminal acetylenes is 1. The second kappa shape index (κ2) is 6.76. The molecule has 1 aromatic heterocycles. The maximum atomic E-state index is 12.4. The number of aromatic nitrogens is 2. The first-order chi connectivity index (χ1) is 12.0. The highest BCUT2D eigenvalue weighted by Gasteiger charge is 2.16. The van der Waals surface area contributed by atoms with E-state index >= 15 is 0 Å². The fraction of sp³-hybridized carbons (Fsp3) is 0.0588. The SMILES string of the molecule is C#CCNS(=O)(=O)c1cccc(C(=O)Nc2nc3ccccc3[nH]2)c1. The number of benzene rings is 2. The van der Waals surface area contributed by atoms with Gasteiger partial charge in [-0.2, -0.15) is 4.72 Å². The minimum absolute atomic E-state index is 0.0417. The van der Waals surface area contributed by atoms with Crippen LogP contribution in [0.4, 0.5) is 5.95 Å². The summed E-state index contributed by atoms with van der Waals surface area (Å²) in [5.74, 6) is 2.00. The van der Waals surface area contributed by atoms with Crippen LogP contribution in [0.2, 0.25) is 0 Å². The lowest BCUT2D eigenvalue weighted by atomic mass is 10.2. The highest BCUT2D eigenvalue weighted by atomic mass is 32.2. The second-order valence-electron chi connectivity index (χ2n) is 5.11. The van der Waals surface area contributed by atoms with Gasteiger partial charge in [-0.1, -0.05) is 24.1 Å². The number of carbonyl (C=O) groups is 1. The van der Waals surface area contributed by atoms with Gasteiger partial charge in [-0.25, -0.2) is 13.4 Å². The number of aromatic amines is 1. The zero-order valence-electron chi connectivity index (χ0n) is 13.0. The Morgan fingerprint density at radius 1 is 1.20 bits per heavy atom. The number of anilines is 1. The molecule has 3 rings (SSSR count). The number of fused-ring (bicyclic) bond motifs is 1. The molecule has 0 aliphatic rings. The van der Waals surface area contributed by atoms with Gasteiger partial charge in [-0.05, 0) is 30.3 Å². The third kappa shape index (κ3) is 3.68. The van der Waals surface area contributed by atoms with Crippen molar-refractivity contribution in [2.75, 3.05) is 11.9 Å². The quantitative estimate of drug-likeness (QED) is 0.607. The Bertz CT molecular complexity index is 1050. The van der Waals surface area contributed by atoms with Gasteiger partial charge in [0.15, 0.2) is 0 Å². The van der Waals surface area contributed by atoms with Crippen molar-refractivity contribution in [2.45, 2.75) is 4.90 Å². The van der Waals surface area contributed by atoms with Gasteiger partial charge in [-0.3, -0.25) is 10.1 Å². The molecule has 3 aromatic rings. The molecule has 0 saturated heterocycles. The van der Waals surface area contributed by atoms with E-state index in [1.54, 1.807) is 0 Å². The summed E-state index contributed by atoms with van der Waals surface area (Å²) in [6, 6.07) is 13.0. The number of hydrogen-bond donors (Lipinski definition) is 3. The highest BCUT2D eigenvalue weighted by molar-refractivity contribution is 7.89. The number of nitrogens with one attached hydrogen (secondary N) is 3. The third-order valence-corrected chi connectivity index (χ3v) is 4.79. The number of amides is 1. The van der Waals surface area contributed by atoms with Crippen LogP contribution in [-0.4, -0.2) is 30.8 Å². The second-order valence-corrected chi connectivity index (χ2v) is 6.88. The average molecular weight is 354 g/mol. The smallest absolute Gasteiger partial charge is 0.258 e. The third-order valence-electron chi connectivity index (χ3n) is 3.39. The number of imidazole rings is 1.